The highest BCUT2D eigenvalue weighted by Gasteiger charge is 2.11. The zero-order valence-corrected chi connectivity index (χ0v) is 9.43. The van der Waals surface area contributed by atoms with Crippen molar-refractivity contribution in [2.24, 2.45) is 0 Å². The van der Waals surface area contributed by atoms with Gasteiger partial charge in [0.15, 0.2) is 0 Å². The summed E-state index contributed by atoms with van der Waals surface area (Å²) in [6.07, 6.45) is 3.72. The molecule has 1 N–H and O–H groups in total. The SMILES string of the molecule is CCNC(c1ccccc1)c1cccnc1. The average Bonchev–Trinajstić information content (AvgIpc) is 2.38. The first-order chi connectivity index (χ1) is 7.92. The van der Waals surface area contributed by atoms with E-state index in [0.29, 0.717) is 0 Å². The molecule has 0 saturated heterocycles. The maximum atomic E-state index is 4.17. The summed E-state index contributed by atoms with van der Waals surface area (Å²) in [7, 11) is 0. The molecule has 0 bridgehead atoms. The van der Waals surface area contributed by atoms with E-state index in [1.807, 2.05) is 18.3 Å². The lowest BCUT2D eigenvalue weighted by Crippen LogP contribution is -2.21. The molecule has 16 heavy (non-hydrogen) atoms. The van der Waals surface area contributed by atoms with Gasteiger partial charge in [-0.25, -0.2) is 0 Å². The molecule has 2 nitrogen and oxygen atoms in total. The Morgan fingerprint density at radius 2 is 1.81 bits per heavy atom. The lowest BCUT2D eigenvalue weighted by molar-refractivity contribution is 0.628. The molecule has 0 aliphatic rings. The Bertz CT molecular complexity index is 372. The standard InChI is InChI=1S/C14H16N2/c1-2-16-14(12-7-4-3-5-8-12)13-9-6-10-15-11-13/h3-11,14,16H,2H2,1H3. The molecule has 0 spiro atoms. The lowest BCUT2D eigenvalue weighted by atomic mass is 10.0. The lowest BCUT2D eigenvalue weighted by Gasteiger charge is -2.18. The summed E-state index contributed by atoms with van der Waals surface area (Å²) in [5.41, 5.74) is 2.48. The Morgan fingerprint density at radius 1 is 1.06 bits per heavy atom. The van der Waals surface area contributed by atoms with Gasteiger partial charge in [-0.2, -0.15) is 0 Å². The summed E-state index contributed by atoms with van der Waals surface area (Å²) in [5.74, 6) is 0. The van der Waals surface area contributed by atoms with Gasteiger partial charge in [0.25, 0.3) is 0 Å². The van der Waals surface area contributed by atoms with Crippen molar-refractivity contribution in [3.8, 4) is 0 Å². The Morgan fingerprint density at radius 3 is 2.44 bits per heavy atom. The fourth-order valence-electron chi connectivity index (χ4n) is 1.82. The van der Waals surface area contributed by atoms with Gasteiger partial charge in [0.1, 0.15) is 0 Å². The number of hydrogen-bond acceptors (Lipinski definition) is 2. The first kappa shape index (κ1) is 10.8. The molecule has 82 valence electrons. The molecule has 2 rings (SSSR count). The van der Waals surface area contributed by atoms with E-state index in [1.54, 1.807) is 6.20 Å². The average molecular weight is 212 g/mol. The Hall–Kier alpha value is -1.67. The monoisotopic (exact) mass is 212 g/mol. The quantitative estimate of drug-likeness (QED) is 0.843. The second kappa shape index (κ2) is 5.42. The van der Waals surface area contributed by atoms with E-state index >= 15 is 0 Å². The van der Waals surface area contributed by atoms with Gasteiger partial charge >= 0.3 is 0 Å². The topological polar surface area (TPSA) is 24.9 Å². The summed E-state index contributed by atoms with van der Waals surface area (Å²) in [4.78, 5) is 4.17. The van der Waals surface area contributed by atoms with E-state index in [1.165, 1.54) is 11.1 Å². The van der Waals surface area contributed by atoms with Gasteiger partial charge in [0, 0.05) is 12.4 Å². The van der Waals surface area contributed by atoms with Crippen LogP contribution in [0, 0.1) is 0 Å². The van der Waals surface area contributed by atoms with Crippen LogP contribution in [0.2, 0.25) is 0 Å². The predicted molar refractivity (Wildman–Crippen MR) is 66.2 cm³/mol. The normalized spacial score (nSPS) is 12.3. The molecule has 0 fully saturated rings. The Labute approximate surface area is 96.4 Å². The minimum absolute atomic E-state index is 0.236. The highest BCUT2D eigenvalue weighted by Crippen LogP contribution is 2.20. The van der Waals surface area contributed by atoms with Crippen molar-refractivity contribution in [3.05, 3.63) is 66.0 Å². The molecule has 2 aromatic rings. The molecule has 1 unspecified atom stereocenters. The van der Waals surface area contributed by atoms with Crippen LogP contribution >= 0.6 is 0 Å². The van der Waals surface area contributed by atoms with Crippen LogP contribution in [0.5, 0.6) is 0 Å². The minimum Gasteiger partial charge on any atom is -0.306 e. The van der Waals surface area contributed by atoms with Crippen LogP contribution < -0.4 is 5.32 Å². The van der Waals surface area contributed by atoms with E-state index in [-0.39, 0.29) is 6.04 Å². The molecule has 0 radical (unpaired) electrons. The first-order valence-corrected chi connectivity index (χ1v) is 5.60. The third-order valence-corrected chi connectivity index (χ3v) is 2.56. The van der Waals surface area contributed by atoms with E-state index < -0.39 is 0 Å². The zero-order valence-electron chi connectivity index (χ0n) is 9.43. The van der Waals surface area contributed by atoms with E-state index in [0.717, 1.165) is 6.54 Å². The second-order valence-corrected chi connectivity index (χ2v) is 3.69. The Balaban J connectivity index is 2.31. The summed E-state index contributed by atoms with van der Waals surface area (Å²) in [6.45, 7) is 3.06. The molecule has 1 aromatic heterocycles. The predicted octanol–water partition coefficient (Wildman–Crippen LogP) is 2.78. The van der Waals surface area contributed by atoms with Crippen LogP contribution in [0.4, 0.5) is 0 Å². The van der Waals surface area contributed by atoms with Gasteiger partial charge in [-0.15, -0.1) is 0 Å². The van der Waals surface area contributed by atoms with Crippen LogP contribution in [0.15, 0.2) is 54.9 Å². The van der Waals surface area contributed by atoms with Crippen molar-refractivity contribution >= 4 is 0 Å². The number of benzene rings is 1. The molecule has 1 heterocycles. The largest absolute Gasteiger partial charge is 0.306 e. The molecule has 0 aliphatic heterocycles. The number of rotatable bonds is 4. The maximum Gasteiger partial charge on any atom is 0.0591 e. The highest BCUT2D eigenvalue weighted by atomic mass is 14.9. The molecule has 0 amide bonds. The van der Waals surface area contributed by atoms with Gasteiger partial charge in [-0.05, 0) is 23.7 Å². The van der Waals surface area contributed by atoms with Crippen LogP contribution in [0.1, 0.15) is 24.1 Å². The van der Waals surface area contributed by atoms with E-state index in [2.05, 4.69) is 47.6 Å². The van der Waals surface area contributed by atoms with Crippen LogP contribution in [0.3, 0.4) is 0 Å². The van der Waals surface area contributed by atoms with E-state index in [9.17, 15) is 0 Å². The van der Waals surface area contributed by atoms with Gasteiger partial charge in [-0.1, -0.05) is 43.3 Å². The van der Waals surface area contributed by atoms with Gasteiger partial charge < -0.3 is 5.32 Å². The summed E-state index contributed by atoms with van der Waals surface area (Å²) < 4.78 is 0. The second-order valence-electron chi connectivity index (χ2n) is 3.69. The van der Waals surface area contributed by atoms with Crippen LogP contribution in [-0.4, -0.2) is 11.5 Å². The summed E-state index contributed by atoms with van der Waals surface area (Å²) in [6, 6.07) is 14.8. The third kappa shape index (κ3) is 2.47. The molecule has 1 aromatic carbocycles. The summed E-state index contributed by atoms with van der Waals surface area (Å²) >= 11 is 0. The zero-order chi connectivity index (χ0) is 11.2. The van der Waals surface area contributed by atoms with Gasteiger partial charge in [-0.3, -0.25) is 4.98 Å². The molecule has 0 aliphatic carbocycles. The number of pyridine rings is 1. The van der Waals surface area contributed by atoms with Crippen molar-refractivity contribution < 1.29 is 0 Å². The molecular formula is C14H16N2. The number of hydrogen-bond donors (Lipinski definition) is 1. The van der Waals surface area contributed by atoms with Crippen molar-refractivity contribution in [3.63, 3.8) is 0 Å². The molecular weight excluding hydrogens is 196 g/mol. The fourth-order valence-corrected chi connectivity index (χ4v) is 1.82. The van der Waals surface area contributed by atoms with Crippen LogP contribution in [0.25, 0.3) is 0 Å². The molecule has 2 heteroatoms. The molecule has 1 atom stereocenters. The van der Waals surface area contributed by atoms with Crippen molar-refractivity contribution in [2.45, 2.75) is 13.0 Å². The van der Waals surface area contributed by atoms with Gasteiger partial charge in [0.2, 0.25) is 0 Å². The van der Waals surface area contributed by atoms with Crippen molar-refractivity contribution in [1.29, 1.82) is 0 Å². The first-order valence-electron chi connectivity index (χ1n) is 5.60. The molecule has 0 saturated carbocycles. The third-order valence-electron chi connectivity index (χ3n) is 2.56. The number of nitrogens with one attached hydrogen (secondary N) is 1. The van der Waals surface area contributed by atoms with Crippen molar-refractivity contribution in [1.82, 2.24) is 10.3 Å². The van der Waals surface area contributed by atoms with E-state index in [4.69, 9.17) is 0 Å². The number of aromatic nitrogens is 1. The van der Waals surface area contributed by atoms with Crippen molar-refractivity contribution in [2.75, 3.05) is 6.54 Å². The number of nitrogens with zero attached hydrogens (tertiary/aromatic N) is 1. The maximum absolute atomic E-state index is 4.17. The summed E-state index contributed by atoms with van der Waals surface area (Å²) in [5, 5.41) is 3.48. The Kier molecular flexibility index (Phi) is 3.67. The minimum atomic E-state index is 0.236. The highest BCUT2D eigenvalue weighted by molar-refractivity contribution is 5.29. The smallest absolute Gasteiger partial charge is 0.0591 e. The van der Waals surface area contributed by atoms with Gasteiger partial charge in [0.05, 0.1) is 6.04 Å². The fraction of sp³-hybridized carbons (Fsp3) is 0.214. The van der Waals surface area contributed by atoms with Crippen LogP contribution in [-0.2, 0) is 0 Å².